The van der Waals surface area contributed by atoms with Crippen molar-refractivity contribution in [1.29, 1.82) is 0 Å². The zero-order valence-corrected chi connectivity index (χ0v) is 19.2. The van der Waals surface area contributed by atoms with Crippen molar-refractivity contribution in [2.45, 2.75) is 44.6 Å². The third kappa shape index (κ3) is 4.92. The predicted molar refractivity (Wildman–Crippen MR) is 128 cm³/mol. The SMILES string of the molecule is CC(C)(C)c1ccc([C@@H](CC(=O)O)NC(=O)OCC2c3ccccc3-c3ccccc32)cc1. The summed E-state index contributed by atoms with van der Waals surface area (Å²) >= 11 is 0. The van der Waals surface area contributed by atoms with Gasteiger partial charge in [-0.15, -0.1) is 0 Å². The fourth-order valence-corrected chi connectivity index (χ4v) is 4.42. The Balaban J connectivity index is 1.47. The number of carbonyl (C=O) groups is 2. The van der Waals surface area contributed by atoms with Gasteiger partial charge in [-0.05, 0) is 38.8 Å². The highest BCUT2D eigenvalue weighted by Crippen LogP contribution is 2.44. The summed E-state index contributed by atoms with van der Waals surface area (Å²) in [4.78, 5) is 24.1. The summed E-state index contributed by atoms with van der Waals surface area (Å²) in [5.74, 6) is -1.04. The van der Waals surface area contributed by atoms with E-state index in [0.29, 0.717) is 0 Å². The van der Waals surface area contributed by atoms with Crippen LogP contribution in [0, 0.1) is 0 Å². The zero-order valence-electron chi connectivity index (χ0n) is 19.2. The number of carboxylic acid groups (broad SMARTS) is 1. The Bertz CT molecular complexity index is 1120. The van der Waals surface area contributed by atoms with Crippen LogP contribution >= 0.6 is 0 Å². The fourth-order valence-electron chi connectivity index (χ4n) is 4.42. The molecule has 0 fully saturated rings. The molecule has 5 heteroatoms. The minimum absolute atomic E-state index is 0.0128. The second-order valence-electron chi connectivity index (χ2n) is 9.49. The van der Waals surface area contributed by atoms with Crippen LogP contribution < -0.4 is 5.32 Å². The molecule has 1 amide bonds. The third-order valence-electron chi connectivity index (χ3n) is 6.19. The lowest BCUT2D eigenvalue weighted by atomic mass is 9.86. The molecule has 0 aliphatic heterocycles. The second kappa shape index (κ2) is 9.10. The van der Waals surface area contributed by atoms with Gasteiger partial charge in [0.15, 0.2) is 0 Å². The largest absolute Gasteiger partial charge is 0.481 e. The number of carbonyl (C=O) groups excluding carboxylic acids is 1. The van der Waals surface area contributed by atoms with Crippen molar-refractivity contribution in [3.63, 3.8) is 0 Å². The molecule has 0 radical (unpaired) electrons. The van der Waals surface area contributed by atoms with Crippen molar-refractivity contribution in [2.24, 2.45) is 0 Å². The van der Waals surface area contributed by atoms with Gasteiger partial charge in [0.25, 0.3) is 0 Å². The van der Waals surface area contributed by atoms with E-state index in [1.807, 2.05) is 48.5 Å². The fraction of sp³-hybridized carbons (Fsp3) is 0.286. The van der Waals surface area contributed by atoms with Crippen molar-refractivity contribution in [3.05, 3.63) is 95.1 Å². The van der Waals surface area contributed by atoms with Crippen molar-refractivity contribution in [3.8, 4) is 11.1 Å². The van der Waals surface area contributed by atoms with E-state index in [0.717, 1.165) is 33.4 Å². The van der Waals surface area contributed by atoms with E-state index in [9.17, 15) is 14.7 Å². The Morgan fingerprint density at radius 3 is 1.97 bits per heavy atom. The van der Waals surface area contributed by atoms with Crippen molar-refractivity contribution < 1.29 is 19.4 Å². The monoisotopic (exact) mass is 443 g/mol. The number of hydrogen-bond acceptors (Lipinski definition) is 3. The first-order valence-electron chi connectivity index (χ1n) is 11.2. The zero-order chi connectivity index (χ0) is 23.6. The number of benzene rings is 3. The Morgan fingerprint density at radius 2 is 1.45 bits per heavy atom. The van der Waals surface area contributed by atoms with Crippen molar-refractivity contribution >= 4 is 12.1 Å². The molecule has 0 bridgehead atoms. The molecule has 0 saturated carbocycles. The van der Waals surface area contributed by atoms with Crippen LogP contribution in [0.2, 0.25) is 0 Å². The van der Waals surface area contributed by atoms with E-state index in [2.05, 4.69) is 50.4 Å². The van der Waals surface area contributed by atoms with Crippen LogP contribution in [0.15, 0.2) is 72.8 Å². The molecule has 5 nitrogen and oxygen atoms in total. The van der Waals surface area contributed by atoms with Crippen molar-refractivity contribution in [1.82, 2.24) is 5.32 Å². The number of rotatable bonds is 6. The molecule has 0 aromatic heterocycles. The smallest absolute Gasteiger partial charge is 0.407 e. The van der Waals surface area contributed by atoms with Gasteiger partial charge < -0.3 is 15.2 Å². The normalized spacial score (nSPS) is 13.7. The summed E-state index contributed by atoms with van der Waals surface area (Å²) in [7, 11) is 0. The second-order valence-corrected chi connectivity index (χ2v) is 9.49. The van der Waals surface area contributed by atoms with Crippen molar-refractivity contribution in [2.75, 3.05) is 6.61 Å². The molecule has 170 valence electrons. The molecule has 3 aromatic rings. The molecule has 2 N–H and O–H groups in total. The van der Waals surface area contributed by atoms with Gasteiger partial charge in [0, 0.05) is 5.92 Å². The van der Waals surface area contributed by atoms with Crippen LogP contribution in [0.4, 0.5) is 4.79 Å². The molecule has 4 rings (SSSR count). The Hall–Kier alpha value is -3.60. The Labute approximate surface area is 194 Å². The maximum Gasteiger partial charge on any atom is 0.407 e. The first kappa shape index (κ1) is 22.6. The minimum Gasteiger partial charge on any atom is -0.481 e. The van der Waals surface area contributed by atoms with E-state index >= 15 is 0 Å². The average molecular weight is 444 g/mol. The Morgan fingerprint density at radius 1 is 0.909 bits per heavy atom. The number of amides is 1. The molecule has 0 unspecified atom stereocenters. The van der Waals surface area contributed by atoms with Gasteiger partial charge in [-0.3, -0.25) is 4.79 Å². The maximum atomic E-state index is 12.7. The molecule has 0 heterocycles. The molecule has 0 saturated heterocycles. The van der Waals surface area contributed by atoms with Crippen LogP contribution in [0.1, 0.15) is 61.4 Å². The highest BCUT2D eigenvalue weighted by Gasteiger charge is 2.29. The summed E-state index contributed by atoms with van der Waals surface area (Å²) in [5, 5.41) is 12.1. The van der Waals surface area contributed by atoms with Gasteiger partial charge >= 0.3 is 12.1 Å². The van der Waals surface area contributed by atoms with Gasteiger partial charge in [0.05, 0.1) is 12.5 Å². The van der Waals surface area contributed by atoms with E-state index in [1.54, 1.807) is 0 Å². The summed E-state index contributed by atoms with van der Waals surface area (Å²) in [5.41, 5.74) is 6.44. The lowest BCUT2D eigenvalue weighted by Gasteiger charge is -2.22. The van der Waals surface area contributed by atoms with Gasteiger partial charge in [-0.2, -0.15) is 0 Å². The Kier molecular flexibility index (Phi) is 6.23. The summed E-state index contributed by atoms with van der Waals surface area (Å²) in [6.45, 7) is 6.53. The number of alkyl carbamates (subject to hydrolysis) is 1. The van der Waals surface area contributed by atoms with Crippen LogP contribution in [0.25, 0.3) is 11.1 Å². The average Bonchev–Trinajstić information content (AvgIpc) is 3.10. The van der Waals surface area contributed by atoms with Gasteiger partial charge in [-0.1, -0.05) is 93.6 Å². The van der Waals surface area contributed by atoms with Gasteiger partial charge in [0.1, 0.15) is 6.61 Å². The molecule has 1 aliphatic rings. The minimum atomic E-state index is -0.987. The standard InChI is InChI=1S/C28H29NO4/c1-28(2,3)19-14-12-18(13-15-19)25(16-26(30)31)29-27(32)33-17-24-22-10-6-4-8-20(22)21-9-5-7-11-23(21)24/h4-15,24-25H,16-17H2,1-3H3,(H,29,32)(H,30,31)/t25-/m1/s1. The lowest BCUT2D eigenvalue weighted by molar-refractivity contribution is -0.137. The molecular weight excluding hydrogens is 414 g/mol. The number of nitrogens with one attached hydrogen (secondary N) is 1. The highest BCUT2D eigenvalue weighted by atomic mass is 16.5. The summed E-state index contributed by atoms with van der Waals surface area (Å²) in [6, 6.07) is 23.3. The summed E-state index contributed by atoms with van der Waals surface area (Å²) < 4.78 is 5.61. The predicted octanol–water partition coefficient (Wildman–Crippen LogP) is 6.04. The molecular formula is C28H29NO4. The van der Waals surface area contributed by atoms with Gasteiger partial charge in [0.2, 0.25) is 0 Å². The number of hydrogen-bond donors (Lipinski definition) is 2. The first-order chi connectivity index (χ1) is 15.7. The number of ether oxygens (including phenoxy) is 1. The van der Waals surface area contributed by atoms with Crippen LogP contribution in [-0.4, -0.2) is 23.8 Å². The quantitative estimate of drug-likeness (QED) is 0.487. The van der Waals surface area contributed by atoms with Crippen LogP contribution in [0.5, 0.6) is 0 Å². The topological polar surface area (TPSA) is 75.6 Å². The number of carboxylic acids is 1. The van der Waals surface area contributed by atoms with Gasteiger partial charge in [-0.25, -0.2) is 4.79 Å². The molecule has 3 aromatic carbocycles. The van der Waals surface area contributed by atoms with E-state index in [1.165, 1.54) is 0 Å². The number of fused-ring (bicyclic) bond motifs is 3. The molecule has 1 atom stereocenters. The van der Waals surface area contributed by atoms with Crippen LogP contribution in [0.3, 0.4) is 0 Å². The summed E-state index contributed by atoms with van der Waals surface area (Å²) in [6.07, 6.45) is -0.845. The first-order valence-corrected chi connectivity index (χ1v) is 11.2. The maximum absolute atomic E-state index is 12.7. The van der Waals surface area contributed by atoms with E-state index < -0.39 is 18.1 Å². The van der Waals surface area contributed by atoms with E-state index in [4.69, 9.17) is 4.74 Å². The van der Waals surface area contributed by atoms with Crippen LogP contribution in [-0.2, 0) is 14.9 Å². The lowest BCUT2D eigenvalue weighted by Crippen LogP contribution is -2.31. The highest BCUT2D eigenvalue weighted by molar-refractivity contribution is 5.79. The number of aliphatic carboxylic acids is 1. The third-order valence-corrected chi connectivity index (χ3v) is 6.19. The molecule has 0 spiro atoms. The molecule has 33 heavy (non-hydrogen) atoms. The molecule has 1 aliphatic carbocycles. The van der Waals surface area contributed by atoms with E-state index in [-0.39, 0.29) is 24.4 Å².